The normalized spacial score (nSPS) is 11.8. The number of hydrogen-bond acceptors (Lipinski definition) is 2. The third kappa shape index (κ3) is 5.31. The molecule has 4 nitrogen and oxygen atoms in total. The van der Waals surface area contributed by atoms with Crippen LogP contribution in [-0.2, 0) is 22.4 Å². The Morgan fingerprint density at radius 1 is 1.04 bits per heavy atom. The highest BCUT2D eigenvalue weighted by molar-refractivity contribution is 6.30. The molecule has 0 radical (unpaired) electrons. The maximum Gasteiger partial charge on any atom is 0.326 e. The fourth-order valence-electron chi connectivity index (χ4n) is 2.20. The summed E-state index contributed by atoms with van der Waals surface area (Å²) < 4.78 is 26.2. The lowest BCUT2D eigenvalue weighted by Gasteiger charge is -2.15. The predicted octanol–water partition coefficient (Wildman–Crippen LogP) is 2.97. The topological polar surface area (TPSA) is 66.4 Å². The van der Waals surface area contributed by atoms with Crippen LogP contribution in [0.5, 0.6) is 0 Å². The molecule has 0 fully saturated rings. The van der Waals surface area contributed by atoms with E-state index in [2.05, 4.69) is 5.32 Å². The minimum absolute atomic E-state index is 0.0652. The summed E-state index contributed by atoms with van der Waals surface area (Å²) in [6.45, 7) is 0. The summed E-state index contributed by atoms with van der Waals surface area (Å²) in [5.41, 5.74) is 0.810. The van der Waals surface area contributed by atoms with E-state index in [9.17, 15) is 23.5 Å². The summed E-state index contributed by atoms with van der Waals surface area (Å²) in [6.07, 6.45) is -0.255. The Labute approximate surface area is 142 Å². The highest BCUT2D eigenvalue weighted by atomic mass is 35.5. The number of benzene rings is 2. The number of halogens is 3. The first-order valence-corrected chi connectivity index (χ1v) is 7.43. The molecule has 1 atom stereocenters. The molecule has 0 aromatic heterocycles. The van der Waals surface area contributed by atoms with Gasteiger partial charge in [-0.05, 0) is 35.4 Å². The van der Waals surface area contributed by atoms with Crippen LogP contribution >= 0.6 is 11.6 Å². The third-order valence-corrected chi connectivity index (χ3v) is 3.53. The summed E-state index contributed by atoms with van der Waals surface area (Å²) in [7, 11) is 0. The molecule has 7 heteroatoms. The number of carbonyl (C=O) groups excluding carboxylic acids is 1. The second kappa shape index (κ2) is 7.88. The number of aliphatic carboxylic acids is 1. The van der Waals surface area contributed by atoms with Crippen molar-refractivity contribution in [2.45, 2.75) is 18.9 Å². The first kappa shape index (κ1) is 17.9. The molecule has 1 amide bonds. The van der Waals surface area contributed by atoms with E-state index in [1.807, 2.05) is 0 Å². The summed E-state index contributed by atoms with van der Waals surface area (Å²) in [6, 6.07) is 8.15. The van der Waals surface area contributed by atoms with Crippen LogP contribution in [0.3, 0.4) is 0 Å². The zero-order valence-corrected chi connectivity index (χ0v) is 13.2. The molecule has 126 valence electrons. The fourth-order valence-corrected chi connectivity index (χ4v) is 2.33. The van der Waals surface area contributed by atoms with Crippen LogP contribution in [0.15, 0.2) is 42.5 Å². The first-order valence-electron chi connectivity index (χ1n) is 7.05. The average molecular weight is 354 g/mol. The molecule has 0 aliphatic heterocycles. The molecule has 2 aromatic rings. The summed E-state index contributed by atoms with van der Waals surface area (Å²) in [5, 5.41) is 12.1. The third-order valence-electron chi connectivity index (χ3n) is 3.27. The van der Waals surface area contributed by atoms with Crippen LogP contribution in [0.4, 0.5) is 8.78 Å². The van der Waals surface area contributed by atoms with Gasteiger partial charge >= 0.3 is 5.97 Å². The Hall–Kier alpha value is -2.47. The van der Waals surface area contributed by atoms with E-state index in [1.165, 1.54) is 0 Å². The van der Waals surface area contributed by atoms with Gasteiger partial charge in [-0.2, -0.15) is 0 Å². The molecule has 0 saturated carbocycles. The molecule has 2 rings (SSSR count). The zero-order valence-electron chi connectivity index (χ0n) is 12.4. The van der Waals surface area contributed by atoms with Gasteiger partial charge in [0.2, 0.25) is 5.91 Å². The highest BCUT2D eigenvalue weighted by Gasteiger charge is 2.20. The summed E-state index contributed by atoms with van der Waals surface area (Å²) >= 11 is 5.76. The van der Waals surface area contributed by atoms with Gasteiger partial charge < -0.3 is 10.4 Å². The van der Waals surface area contributed by atoms with E-state index in [-0.39, 0.29) is 18.4 Å². The lowest BCUT2D eigenvalue weighted by Crippen LogP contribution is -2.43. The van der Waals surface area contributed by atoms with Crippen molar-refractivity contribution in [1.29, 1.82) is 0 Å². The Kier molecular flexibility index (Phi) is 5.87. The Balaban J connectivity index is 2.02. The van der Waals surface area contributed by atoms with Crippen LogP contribution in [-0.4, -0.2) is 23.0 Å². The standard InChI is InChI=1S/C17H14ClF2NO3/c18-12-3-1-10(2-4-12)7-15(17(23)24)21-16(22)8-11-5-13(19)9-14(20)6-11/h1-6,9,15H,7-8H2,(H,21,22)(H,23,24)/t15-/m1/s1. The van der Waals surface area contributed by atoms with Crippen molar-refractivity contribution in [2.75, 3.05) is 0 Å². The van der Waals surface area contributed by atoms with Crippen LogP contribution in [0.25, 0.3) is 0 Å². The Morgan fingerprint density at radius 2 is 1.62 bits per heavy atom. The SMILES string of the molecule is O=C(Cc1cc(F)cc(F)c1)N[C@H](Cc1ccc(Cl)cc1)C(=O)O. The first-order chi connectivity index (χ1) is 11.3. The van der Waals surface area contributed by atoms with Gasteiger partial charge in [-0.25, -0.2) is 13.6 Å². The van der Waals surface area contributed by atoms with Crippen molar-refractivity contribution in [3.63, 3.8) is 0 Å². The molecule has 2 N–H and O–H groups in total. The number of rotatable bonds is 6. The number of nitrogens with one attached hydrogen (secondary N) is 1. The van der Waals surface area contributed by atoms with Crippen LogP contribution < -0.4 is 5.32 Å². The number of carbonyl (C=O) groups is 2. The van der Waals surface area contributed by atoms with E-state index < -0.39 is 29.6 Å². The quantitative estimate of drug-likeness (QED) is 0.839. The van der Waals surface area contributed by atoms with Gasteiger partial charge in [0.1, 0.15) is 17.7 Å². The maximum atomic E-state index is 13.1. The van der Waals surface area contributed by atoms with Gasteiger partial charge in [0.25, 0.3) is 0 Å². The second-order valence-electron chi connectivity index (χ2n) is 5.24. The van der Waals surface area contributed by atoms with Crippen LogP contribution in [0.2, 0.25) is 5.02 Å². The van der Waals surface area contributed by atoms with Crippen LogP contribution in [0, 0.1) is 11.6 Å². The molecular formula is C17H14ClF2NO3. The van der Waals surface area contributed by atoms with Crippen molar-refractivity contribution in [1.82, 2.24) is 5.32 Å². The lowest BCUT2D eigenvalue weighted by molar-refractivity contribution is -0.141. The van der Waals surface area contributed by atoms with Gasteiger partial charge in [0, 0.05) is 17.5 Å². The summed E-state index contributed by atoms with van der Waals surface area (Å²) in [5.74, 6) is -3.44. The predicted molar refractivity (Wildman–Crippen MR) is 84.8 cm³/mol. The molecule has 24 heavy (non-hydrogen) atoms. The molecule has 0 aliphatic carbocycles. The molecule has 0 bridgehead atoms. The molecule has 0 heterocycles. The van der Waals surface area contributed by atoms with E-state index in [4.69, 9.17) is 11.6 Å². The molecule has 0 unspecified atom stereocenters. The molecule has 0 saturated heterocycles. The van der Waals surface area contributed by atoms with E-state index in [1.54, 1.807) is 24.3 Å². The van der Waals surface area contributed by atoms with Gasteiger partial charge in [0.05, 0.1) is 6.42 Å². The number of amides is 1. The fraction of sp³-hybridized carbons (Fsp3) is 0.176. The van der Waals surface area contributed by atoms with Gasteiger partial charge in [0.15, 0.2) is 0 Å². The summed E-state index contributed by atoms with van der Waals surface area (Å²) in [4.78, 5) is 23.3. The minimum Gasteiger partial charge on any atom is -0.480 e. The molecule has 0 aliphatic rings. The number of carboxylic acid groups (broad SMARTS) is 1. The average Bonchev–Trinajstić information content (AvgIpc) is 2.47. The zero-order chi connectivity index (χ0) is 17.7. The van der Waals surface area contributed by atoms with Gasteiger partial charge in [-0.3, -0.25) is 4.79 Å². The maximum absolute atomic E-state index is 13.1. The van der Waals surface area contributed by atoms with Crippen molar-refractivity contribution in [3.05, 3.63) is 70.2 Å². The van der Waals surface area contributed by atoms with Crippen LogP contribution in [0.1, 0.15) is 11.1 Å². The molecular weight excluding hydrogens is 340 g/mol. The lowest BCUT2D eigenvalue weighted by atomic mass is 10.1. The largest absolute Gasteiger partial charge is 0.480 e. The molecule has 0 spiro atoms. The molecule has 2 aromatic carbocycles. The van der Waals surface area contributed by atoms with E-state index in [0.717, 1.165) is 12.1 Å². The van der Waals surface area contributed by atoms with Gasteiger partial charge in [-0.15, -0.1) is 0 Å². The number of carboxylic acids is 1. The van der Waals surface area contributed by atoms with E-state index in [0.29, 0.717) is 16.7 Å². The Morgan fingerprint density at radius 3 is 2.17 bits per heavy atom. The Bertz CT molecular complexity index is 730. The van der Waals surface area contributed by atoms with Crippen molar-refractivity contribution in [2.24, 2.45) is 0 Å². The highest BCUT2D eigenvalue weighted by Crippen LogP contribution is 2.12. The van der Waals surface area contributed by atoms with Crippen molar-refractivity contribution < 1.29 is 23.5 Å². The smallest absolute Gasteiger partial charge is 0.326 e. The number of hydrogen-bond donors (Lipinski definition) is 2. The monoisotopic (exact) mass is 353 g/mol. The minimum atomic E-state index is -1.20. The van der Waals surface area contributed by atoms with E-state index >= 15 is 0 Å². The van der Waals surface area contributed by atoms with Gasteiger partial charge in [-0.1, -0.05) is 23.7 Å². The van der Waals surface area contributed by atoms with Crippen molar-refractivity contribution in [3.8, 4) is 0 Å². The van der Waals surface area contributed by atoms with Crippen molar-refractivity contribution >= 4 is 23.5 Å². The second-order valence-corrected chi connectivity index (χ2v) is 5.68.